The molecule has 0 saturated heterocycles. The molecule has 2 N–H and O–H groups in total. The van der Waals surface area contributed by atoms with E-state index in [1.165, 1.54) is 19.4 Å². The quantitative estimate of drug-likeness (QED) is 0.591. The van der Waals surface area contributed by atoms with E-state index in [1.807, 2.05) is 6.08 Å². The molecule has 0 bridgehead atoms. The molecule has 0 unspecified atom stereocenters. The molecule has 1 heterocycles. The number of likely N-dealkylation sites (N-methyl/N-ethyl adjacent to an activating group) is 1. The lowest BCUT2D eigenvalue weighted by atomic mass is 10.2. The molecule has 0 spiro atoms. The van der Waals surface area contributed by atoms with Gasteiger partial charge in [-0.05, 0) is 38.9 Å². The highest BCUT2D eigenvalue weighted by molar-refractivity contribution is 5.14. The van der Waals surface area contributed by atoms with Gasteiger partial charge in [0, 0.05) is 12.2 Å². The van der Waals surface area contributed by atoms with Gasteiger partial charge < -0.3 is 10.6 Å². The number of hydrogen-bond donors (Lipinski definition) is 1. The average Bonchev–Trinajstić information content (AvgIpc) is 2.04. The predicted molar refractivity (Wildman–Crippen MR) is 52.8 cm³/mol. The van der Waals surface area contributed by atoms with Crippen LogP contribution in [0.2, 0.25) is 0 Å². The first-order valence-corrected chi connectivity index (χ1v) is 4.60. The van der Waals surface area contributed by atoms with E-state index in [0.29, 0.717) is 0 Å². The van der Waals surface area contributed by atoms with Gasteiger partial charge in [-0.1, -0.05) is 12.2 Å². The molecular formula is C10H18N2. The van der Waals surface area contributed by atoms with Gasteiger partial charge in [-0.25, -0.2) is 0 Å². The Morgan fingerprint density at radius 1 is 1.42 bits per heavy atom. The molecule has 1 aliphatic heterocycles. The Morgan fingerprint density at radius 2 is 2.25 bits per heavy atom. The van der Waals surface area contributed by atoms with E-state index in [2.05, 4.69) is 24.1 Å². The van der Waals surface area contributed by atoms with Gasteiger partial charge in [0.1, 0.15) is 0 Å². The topological polar surface area (TPSA) is 29.3 Å². The molecule has 0 fully saturated rings. The summed E-state index contributed by atoms with van der Waals surface area (Å²) in [6, 6.07) is 0. The summed E-state index contributed by atoms with van der Waals surface area (Å²) < 4.78 is 0. The van der Waals surface area contributed by atoms with Crippen molar-refractivity contribution in [1.82, 2.24) is 4.90 Å². The van der Waals surface area contributed by atoms with Crippen molar-refractivity contribution in [3.05, 3.63) is 23.9 Å². The molecule has 2 nitrogen and oxygen atoms in total. The van der Waals surface area contributed by atoms with Gasteiger partial charge in [0.05, 0.1) is 0 Å². The second-order valence-electron chi connectivity index (χ2n) is 3.36. The Hall–Kier alpha value is -0.760. The van der Waals surface area contributed by atoms with Crippen molar-refractivity contribution in [1.29, 1.82) is 0 Å². The Kier molecular flexibility index (Phi) is 3.88. The lowest BCUT2D eigenvalue weighted by Crippen LogP contribution is -2.19. The van der Waals surface area contributed by atoms with E-state index in [-0.39, 0.29) is 0 Å². The molecule has 0 aromatic carbocycles. The van der Waals surface area contributed by atoms with Crippen LogP contribution in [0.15, 0.2) is 23.9 Å². The molecule has 0 saturated carbocycles. The molecule has 2 heteroatoms. The number of hydrogen-bond acceptors (Lipinski definition) is 2. The van der Waals surface area contributed by atoms with Crippen LogP contribution in [0.5, 0.6) is 0 Å². The second-order valence-corrected chi connectivity index (χ2v) is 3.36. The van der Waals surface area contributed by atoms with Gasteiger partial charge in [-0.15, -0.1) is 0 Å². The van der Waals surface area contributed by atoms with Crippen molar-refractivity contribution in [2.24, 2.45) is 5.73 Å². The number of nitrogens with zero attached hydrogens (tertiary/aromatic N) is 1. The number of rotatable bonds is 0. The van der Waals surface area contributed by atoms with Crippen molar-refractivity contribution in [2.75, 3.05) is 20.1 Å². The third kappa shape index (κ3) is 3.58. The first kappa shape index (κ1) is 9.33. The average molecular weight is 166 g/mol. The van der Waals surface area contributed by atoms with Crippen molar-refractivity contribution >= 4 is 0 Å². The number of allylic oxidation sites excluding steroid dienone is 2. The summed E-state index contributed by atoms with van der Waals surface area (Å²) in [6.07, 6.45) is 9.87. The van der Waals surface area contributed by atoms with E-state index >= 15 is 0 Å². The summed E-state index contributed by atoms with van der Waals surface area (Å²) in [5.41, 5.74) is 6.63. The van der Waals surface area contributed by atoms with Crippen molar-refractivity contribution < 1.29 is 0 Å². The smallest absolute Gasteiger partial charge is 0.0270 e. The summed E-state index contributed by atoms with van der Waals surface area (Å²) in [5, 5.41) is 0. The fourth-order valence-electron chi connectivity index (χ4n) is 1.32. The summed E-state index contributed by atoms with van der Waals surface area (Å²) in [5.74, 6) is 0. The van der Waals surface area contributed by atoms with Crippen LogP contribution in [0.4, 0.5) is 0 Å². The molecule has 0 aromatic rings. The normalized spacial score (nSPS) is 28.9. The van der Waals surface area contributed by atoms with Gasteiger partial charge in [-0.3, -0.25) is 0 Å². The van der Waals surface area contributed by atoms with Crippen LogP contribution in [0.3, 0.4) is 0 Å². The molecule has 1 aliphatic rings. The maximum absolute atomic E-state index is 5.73. The van der Waals surface area contributed by atoms with Gasteiger partial charge in [0.2, 0.25) is 0 Å². The Labute approximate surface area is 74.7 Å². The van der Waals surface area contributed by atoms with Crippen LogP contribution in [0, 0.1) is 0 Å². The highest BCUT2D eigenvalue weighted by Gasteiger charge is 1.96. The summed E-state index contributed by atoms with van der Waals surface area (Å²) in [4.78, 5) is 2.31. The third-order valence-electron chi connectivity index (χ3n) is 2.10. The zero-order valence-electron chi connectivity index (χ0n) is 7.79. The first-order chi connectivity index (χ1) is 5.79. The standard InChI is InChI=1S/C10H18N2/c1-12-8-4-2-3-6-10(11)7-5-9-12/h5-7H,2-4,8-9,11H2,1H3/b7-5-,10-6+. The Morgan fingerprint density at radius 3 is 3.08 bits per heavy atom. The molecule has 68 valence electrons. The summed E-state index contributed by atoms with van der Waals surface area (Å²) in [7, 11) is 2.14. The maximum Gasteiger partial charge on any atom is 0.0270 e. The molecule has 12 heavy (non-hydrogen) atoms. The highest BCUT2D eigenvalue weighted by atomic mass is 15.1. The summed E-state index contributed by atoms with van der Waals surface area (Å²) >= 11 is 0. The zero-order valence-corrected chi connectivity index (χ0v) is 7.79. The lowest BCUT2D eigenvalue weighted by molar-refractivity contribution is 0.359. The van der Waals surface area contributed by atoms with Gasteiger partial charge >= 0.3 is 0 Å². The minimum absolute atomic E-state index is 0.908. The van der Waals surface area contributed by atoms with Gasteiger partial charge in [0.15, 0.2) is 0 Å². The van der Waals surface area contributed by atoms with Crippen LogP contribution in [-0.2, 0) is 0 Å². The minimum atomic E-state index is 0.908. The van der Waals surface area contributed by atoms with Crippen LogP contribution < -0.4 is 5.73 Å². The second kappa shape index (κ2) is 4.99. The van der Waals surface area contributed by atoms with Crippen molar-refractivity contribution in [3.8, 4) is 0 Å². The SMILES string of the molecule is CN1C/C=C\C(N)=C/CCCC1. The molecule has 0 aromatic heterocycles. The van der Waals surface area contributed by atoms with E-state index in [4.69, 9.17) is 5.73 Å². The predicted octanol–water partition coefficient (Wildman–Crippen LogP) is 1.50. The molecule has 0 aliphatic carbocycles. The molecule has 0 radical (unpaired) electrons. The minimum Gasteiger partial charge on any atom is -0.399 e. The molecule has 1 rings (SSSR count). The van der Waals surface area contributed by atoms with Crippen LogP contribution in [0.25, 0.3) is 0 Å². The fraction of sp³-hybridized carbons (Fsp3) is 0.600. The van der Waals surface area contributed by atoms with E-state index < -0.39 is 0 Å². The summed E-state index contributed by atoms with van der Waals surface area (Å²) in [6.45, 7) is 2.20. The highest BCUT2D eigenvalue weighted by Crippen LogP contribution is 2.03. The molecule has 0 atom stereocenters. The number of nitrogens with two attached hydrogens (primary N) is 1. The van der Waals surface area contributed by atoms with Crippen LogP contribution in [0.1, 0.15) is 19.3 Å². The lowest BCUT2D eigenvalue weighted by Gasteiger charge is -2.14. The van der Waals surface area contributed by atoms with Gasteiger partial charge in [0.25, 0.3) is 0 Å². The Balaban J connectivity index is 2.48. The largest absolute Gasteiger partial charge is 0.399 e. The Bertz CT molecular complexity index is 182. The molecule has 0 amide bonds. The van der Waals surface area contributed by atoms with Gasteiger partial charge in [-0.2, -0.15) is 0 Å². The van der Waals surface area contributed by atoms with Crippen molar-refractivity contribution in [2.45, 2.75) is 19.3 Å². The monoisotopic (exact) mass is 166 g/mol. The fourth-order valence-corrected chi connectivity index (χ4v) is 1.32. The third-order valence-corrected chi connectivity index (χ3v) is 2.10. The van der Waals surface area contributed by atoms with E-state index in [1.54, 1.807) is 0 Å². The molecular weight excluding hydrogens is 148 g/mol. The van der Waals surface area contributed by atoms with Crippen LogP contribution >= 0.6 is 0 Å². The van der Waals surface area contributed by atoms with E-state index in [0.717, 1.165) is 18.7 Å². The van der Waals surface area contributed by atoms with Crippen molar-refractivity contribution in [3.63, 3.8) is 0 Å². The van der Waals surface area contributed by atoms with E-state index in [9.17, 15) is 0 Å². The van der Waals surface area contributed by atoms with Crippen LogP contribution in [-0.4, -0.2) is 25.0 Å². The first-order valence-electron chi connectivity index (χ1n) is 4.60. The maximum atomic E-state index is 5.73. The zero-order chi connectivity index (χ0) is 8.81.